The van der Waals surface area contributed by atoms with Crippen LogP contribution in [-0.4, -0.2) is 4.57 Å². The first-order valence-electron chi connectivity index (χ1n) is 19.1. The summed E-state index contributed by atoms with van der Waals surface area (Å²) in [5, 5.41) is 2.52. The molecule has 0 radical (unpaired) electrons. The van der Waals surface area contributed by atoms with Crippen LogP contribution in [0.1, 0.15) is 43.9 Å². The summed E-state index contributed by atoms with van der Waals surface area (Å²) >= 11 is 0. The van der Waals surface area contributed by atoms with Crippen molar-refractivity contribution >= 4 is 38.9 Å². The lowest BCUT2D eigenvalue weighted by Gasteiger charge is -2.28. The molecule has 1 atom stereocenters. The van der Waals surface area contributed by atoms with Crippen molar-refractivity contribution in [2.45, 2.75) is 38.0 Å². The monoisotopic (exact) mass is 694 g/mol. The van der Waals surface area contributed by atoms with Gasteiger partial charge in [0.05, 0.1) is 11.0 Å². The Hall–Kier alpha value is -6.38. The first-order chi connectivity index (χ1) is 26.4. The maximum Gasteiger partial charge on any atom is 0.0541 e. The Morgan fingerprint density at radius 2 is 1.17 bits per heavy atom. The molecule has 0 aliphatic heterocycles. The van der Waals surface area contributed by atoms with Gasteiger partial charge < -0.3 is 9.47 Å². The van der Waals surface area contributed by atoms with Crippen molar-refractivity contribution < 1.29 is 0 Å². The molecule has 10 rings (SSSR count). The topological polar surface area (TPSA) is 8.17 Å². The van der Waals surface area contributed by atoms with Crippen LogP contribution in [0.2, 0.25) is 0 Å². The van der Waals surface area contributed by atoms with Gasteiger partial charge >= 0.3 is 0 Å². The van der Waals surface area contributed by atoms with E-state index >= 15 is 0 Å². The maximum atomic E-state index is 2.41. The van der Waals surface area contributed by atoms with Gasteiger partial charge in [-0.15, -0.1) is 0 Å². The van der Waals surface area contributed by atoms with Gasteiger partial charge in [0.1, 0.15) is 0 Å². The van der Waals surface area contributed by atoms with E-state index in [4.69, 9.17) is 0 Å². The fourth-order valence-electron chi connectivity index (χ4n) is 9.02. The minimum atomic E-state index is -0.0674. The molecule has 0 fully saturated rings. The molecule has 2 aliphatic rings. The van der Waals surface area contributed by atoms with E-state index in [9.17, 15) is 0 Å². The zero-order valence-corrected chi connectivity index (χ0v) is 31.0. The number of hydrogen-bond acceptors (Lipinski definition) is 1. The SMILES string of the molecule is CC1(c2ccc(-n3c4ccccc4c4cc(-c5ccc(N(c6ccccc6)c6ccc7c(c6)C(C)(C)c6ccccc6-7)cc5)ccc43)cc2)C=CC=CC1. The van der Waals surface area contributed by atoms with Gasteiger partial charge in [0.15, 0.2) is 0 Å². The standard InChI is InChI=1S/C52H42N2/c1-51(2)47-18-10-8-16-43(47)44-30-29-42(35-48(44)51)53(39-14-6-4-7-15-39)40-25-20-36(21-26-40)37-22-31-50-46(34-37)45-17-9-11-19-49(45)54(50)41-27-23-38(24-28-41)52(3)32-12-5-13-33-52/h4-32,34-35H,33H2,1-3H3. The van der Waals surface area contributed by atoms with Gasteiger partial charge in [0.25, 0.3) is 0 Å². The van der Waals surface area contributed by atoms with Crippen LogP contribution in [0.4, 0.5) is 17.1 Å². The number of benzene rings is 7. The molecule has 0 N–H and O–H groups in total. The molecule has 1 unspecified atom stereocenters. The third-order valence-electron chi connectivity index (χ3n) is 12.0. The molecule has 1 heterocycles. The molecular formula is C52H42N2. The number of anilines is 3. The summed E-state index contributed by atoms with van der Waals surface area (Å²) in [5.74, 6) is 0. The number of allylic oxidation sites excluding steroid dienone is 4. The smallest absolute Gasteiger partial charge is 0.0541 e. The normalized spacial score (nSPS) is 16.8. The first-order valence-corrected chi connectivity index (χ1v) is 19.1. The summed E-state index contributed by atoms with van der Waals surface area (Å²) < 4.78 is 2.41. The maximum absolute atomic E-state index is 2.41. The van der Waals surface area contributed by atoms with Gasteiger partial charge in [0.2, 0.25) is 0 Å². The largest absolute Gasteiger partial charge is 0.310 e. The molecule has 0 spiro atoms. The molecular weight excluding hydrogens is 653 g/mol. The third kappa shape index (κ3) is 5.09. The van der Waals surface area contributed by atoms with Gasteiger partial charge in [0, 0.05) is 44.4 Å². The Morgan fingerprint density at radius 1 is 0.500 bits per heavy atom. The highest BCUT2D eigenvalue weighted by Gasteiger charge is 2.35. The van der Waals surface area contributed by atoms with Crippen LogP contribution in [0, 0.1) is 0 Å². The molecule has 2 nitrogen and oxygen atoms in total. The number of hydrogen-bond donors (Lipinski definition) is 0. The van der Waals surface area contributed by atoms with Gasteiger partial charge in [-0.3, -0.25) is 0 Å². The second-order valence-electron chi connectivity index (χ2n) is 15.7. The first kappa shape index (κ1) is 32.3. The molecule has 7 aromatic carbocycles. The van der Waals surface area contributed by atoms with E-state index in [1.54, 1.807) is 0 Å². The van der Waals surface area contributed by atoms with Crippen LogP contribution in [0.25, 0.3) is 49.7 Å². The average molecular weight is 695 g/mol. The van der Waals surface area contributed by atoms with E-state index in [0.717, 1.165) is 23.5 Å². The summed E-state index contributed by atoms with van der Waals surface area (Å²) in [5.41, 5.74) is 16.2. The molecule has 8 aromatic rings. The van der Waals surface area contributed by atoms with E-state index in [0.29, 0.717) is 0 Å². The van der Waals surface area contributed by atoms with Crippen molar-refractivity contribution in [2.24, 2.45) is 0 Å². The molecule has 1 aromatic heterocycles. The van der Waals surface area contributed by atoms with Crippen LogP contribution in [0.3, 0.4) is 0 Å². The van der Waals surface area contributed by atoms with Crippen molar-refractivity contribution in [1.82, 2.24) is 4.57 Å². The number of nitrogens with zero attached hydrogens (tertiary/aromatic N) is 2. The summed E-state index contributed by atoms with van der Waals surface area (Å²) in [6.45, 7) is 7.02. The predicted octanol–water partition coefficient (Wildman–Crippen LogP) is 14.0. The van der Waals surface area contributed by atoms with Crippen molar-refractivity contribution in [1.29, 1.82) is 0 Å². The van der Waals surface area contributed by atoms with Crippen LogP contribution >= 0.6 is 0 Å². The zero-order chi connectivity index (χ0) is 36.4. The van der Waals surface area contributed by atoms with Gasteiger partial charge in [-0.05, 0) is 112 Å². The molecule has 2 heteroatoms. The van der Waals surface area contributed by atoms with E-state index in [1.165, 1.54) is 66.4 Å². The fourth-order valence-corrected chi connectivity index (χ4v) is 9.02. The Morgan fingerprint density at radius 3 is 1.96 bits per heavy atom. The van der Waals surface area contributed by atoms with Crippen LogP contribution in [0.15, 0.2) is 188 Å². The number of para-hydroxylation sites is 2. The number of aromatic nitrogens is 1. The minimum Gasteiger partial charge on any atom is -0.310 e. The Kier molecular flexibility index (Phi) is 7.39. The lowest BCUT2D eigenvalue weighted by atomic mass is 9.77. The quantitative estimate of drug-likeness (QED) is 0.168. The summed E-state index contributed by atoms with van der Waals surface area (Å²) in [6.07, 6.45) is 9.92. The Labute approximate surface area is 318 Å². The lowest BCUT2D eigenvalue weighted by molar-refractivity contribution is 0.600. The van der Waals surface area contributed by atoms with Gasteiger partial charge in [-0.1, -0.05) is 142 Å². The second kappa shape index (κ2) is 12.4. The fraction of sp³-hybridized carbons (Fsp3) is 0.115. The third-order valence-corrected chi connectivity index (χ3v) is 12.0. The Balaban J connectivity index is 1.02. The van der Waals surface area contributed by atoms with Gasteiger partial charge in [-0.2, -0.15) is 0 Å². The second-order valence-corrected chi connectivity index (χ2v) is 15.7. The number of rotatable bonds is 6. The molecule has 0 saturated heterocycles. The highest BCUT2D eigenvalue weighted by atomic mass is 15.1. The zero-order valence-electron chi connectivity index (χ0n) is 31.0. The average Bonchev–Trinajstić information content (AvgIpc) is 3.67. The van der Waals surface area contributed by atoms with Crippen LogP contribution < -0.4 is 4.90 Å². The molecule has 0 bridgehead atoms. The summed E-state index contributed by atoms with van der Waals surface area (Å²) in [7, 11) is 0. The molecule has 0 amide bonds. The summed E-state index contributed by atoms with van der Waals surface area (Å²) in [6, 6.07) is 60.5. The van der Waals surface area contributed by atoms with Crippen molar-refractivity contribution in [3.63, 3.8) is 0 Å². The van der Waals surface area contributed by atoms with Crippen LogP contribution in [0.5, 0.6) is 0 Å². The van der Waals surface area contributed by atoms with E-state index in [-0.39, 0.29) is 10.8 Å². The lowest BCUT2D eigenvalue weighted by Crippen LogP contribution is -2.19. The van der Waals surface area contributed by atoms with Gasteiger partial charge in [-0.25, -0.2) is 0 Å². The molecule has 54 heavy (non-hydrogen) atoms. The van der Waals surface area contributed by atoms with Crippen molar-refractivity contribution in [3.8, 4) is 27.9 Å². The predicted molar refractivity (Wildman–Crippen MR) is 229 cm³/mol. The van der Waals surface area contributed by atoms with E-state index in [1.807, 2.05) is 0 Å². The Bertz CT molecular complexity index is 2760. The van der Waals surface area contributed by atoms with Crippen molar-refractivity contribution in [3.05, 3.63) is 205 Å². The highest BCUT2D eigenvalue weighted by Crippen LogP contribution is 2.50. The van der Waals surface area contributed by atoms with E-state index < -0.39 is 0 Å². The highest BCUT2D eigenvalue weighted by molar-refractivity contribution is 6.10. The van der Waals surface area contributed by atoms with Crippen LogP contribution in [-0.2, 0) is 10.8 Å². The number of fused-ring (bicyclic) bond motifs is 6. The molecule has 2 aliphatic carbocycles. The molecule has 260 valence electrons. The van der Waals surface area contributed by atoms with E-state index in [2.05, 4.69) is 218 Å². The summed E-state index contributed by atoms with van der Waals surface area (Å²) in [4.78, 5) is 2.38. The minimum absolute atomic E-state index is 0.0291. The molecule has 0 saturated carbocycles. The van der Waals surface area contributed by atoms with Crippen molar-refractivity contribution in [2.75, 3.05) is 4.90 Å².